The number of alkyl halides is 3. The van der Waals surface area contributed by atoms with Gasteiger partial charge in [-0.05, 0) is 24.7 Å². The number of carbonyl (C=O) groups is 1. The largest absolute Gasteiger partial charge is 0.416 e. The Kier molecular flexibility index (Phi) is 6.37. The molecule has 0 radical (unpaired) electrons. The molecule has 1 amide bonds. The molecule has 0 aliphatic heterocycles. The van der Waals surface area contributed by atoms with Crippen molar-refractivity contribution in [2.45, 2.75) is 19.3 Å². The first-order valence-corrected chi connectivity index (χ1v) is 7.99. The van der Waals surface area contributed by atoms with Crippen LogP contribution in [0.4, 0.5) is 17.6 Å². The Bertz CT molecular complexity index is 761. The van der Waals surface area contributed by atoms with Crippen molar-refractivity contribution in [1.82, 2.24) is 9.80 Å². The standard InChI is InChI=1S/C19H20F4N2O/c1-24(11-14-7-3-5-9-16(14)19(21,22)23)13-18(26)25(2)12-15-8-4-6-10-17(15)20/h3-10H,11-13H2,1-2H3. The van der Waals surface area contributed by atoms with Crippen LogP contribution in [-0.4, -0.2) is 36.3 Å². The van der Waals surface area contributed by atoms with Crippen LogP contribution < -0.4 is 0 Å². The van der Waals surface area contributed by atoms with E-state index in [1.165, 1.54) is 41.1 Å². The van der Waals surface area contributed by atoms with Gasteiger partial charge in [-0.2, -0.15) is 13.2 Å². The number of carbonyl (C=O) groups excluding carboxylic acids is 1. The second-order valence-corrected chi connectivity index (χ2v) is 6.17. The summed E-state index contributed by atoms with van der Waals surface area (Å²) in [5, 5.41) is 0. The lowest BCUT2D eigenvalue weighted by Gasteiger charge is -2.23. The molecule has 0 spiro atoms. The smallest absolute Gasteiger partial charge is 0.340 e. The predicted octanol–water partition coefficient (Wildman–Crippen LogP) is 3.93. The lowest BCUT2D eigenvalue weighted by Crippen LogP contribution is -2.36. The Labute approximate surface area is 149 Å². The van der Waals surface area contributed by atoms with Gasteiger partial charge in [0.15, 0.2) is 0 Å². The molecule has 140 valence electrons. The minimum Gasteiger partial charge on any atom is -0.340 e. The van der Waals surface area contributed by atoms with Gasteiger partial charge in [0.1, 0.15) is 5.82 Å². The van der Waals surface area contributed by atoms with E-state index in [4.69, 9.17) is 0 Å². The van der Waals surface area contributed by atoms with Gasteiger partial charge in [0.25, 0.3) is 0 Å². The van der Waals surface area contributed by atoms with Gasteiger partial charge in [0, 0.05) is 25.7 Å². The van der Waals surface area contributed by atoms with E-state index >= 15 is 0 Å². The summed E-state index contributed by atoms with van der Waals surface area (Å²) in [6.07, 6.45) is -4.44. The molecule has 0 saturated heterocycles. The minimum atomic E-state index is -4.44. The van der Waals surface area contributed by atoms with Gasteiger partial charge in [-0.3, -0.25) is 9.69 Å². The Morgan fingerprint density at radius 2 is 1.50 bits per heavy atom. The van der Waals surface area contributed by atoms with Crippen molar-refractivity contribution >= 4 is 5.91 Å². The third-order valence-electron chi connectivity index (χ3n) is 3.96. The number of amides is 1. The van der Waals surface area contributed by atoms with Crippen molar-refractivity contribution in [3.8, 4) is 0 Å². The van der Waals surface area contributed by atoms with E-state index < -0.39 is 17.6 Å². The number of halogens is 4. The highest BCUT2D eigenvalue weighted by Gasteiger charge is 2.33. The number of hydrogen-bond acceptors (Lipinski definition) is 2. The summed E-state index contributed by atoms with van der Waals surface area (Å²) >= 11 is 0. The van der Waals surface area contributed by atoms with Crippen LogP contribution in [-0.2, 0) is 24.1 Å². The van der Waals surface area contributed by atoms with Gasteiger partial charge in [-0.15, -0.1) is 0 Å². The first-order chi connectivity index (χ1) is 12.2. The molecule has 0 aliphatic rings. The lowest BCUT2D eigenvalue weighted by molar-refractivity contribution is -0.138. The zero-order chi connectivity index (χ0) is 19.3. The third kappa shape index (κ3) is 5.29. The zero-order valence-corrected chi connectivity index (χ0v) is 14.6. The summed E-state index contributed by atoms with van der Waals surface area (Å²) in [6.45, 7) is 0.00455. The summed E-state index contributed by atoms with van der Waals surface area (Å²) in [6, 6.07) is 11.4. The van der Waals surface area contributed by atoms with Crippen LogP contribution in [0.3, 0.4) is 0 Å². The molecule has 3 nitrogen and oxygen atoms in total. The maximum atomic E-state index is 13.7. The summed E-state index contributed by atoms with van der Waals surface area (Å²) in [5.74, 6) is -0.708. The van der Waals surface area contributed by atoms with Crippen molar-refractivity contribution in [3.05, 3.63) is 71.0 Å². The van der Waals surface area contributed by atoms with Crippen LogP contribution in [0.2, 0.25) is 0 Å². The molecule has 2 aromatic rings. The Hall–Kier alpha value is -2.41. The van der Waals surface area contributed by atoms with Crippen molar-refractivity contribution in [3.63, 3.8) is 0 Å². The fourth-order valence-electron chi connectivity index (χ4n) is 2.60. The van der Waals surface area contributed by atoms with Gasteiger partial charge in [0.05, 0.1) is 12.1 Å². The Balaban J connectivity index is 1.98. The molecule has 26 heavy (non-hydrogen) atoms. The summed E-state index contributed by atoms with van der Waals surface area (Å²) < 4.78 is 52.8. The molecule has 0 aliphatic carbocycles. The highest BCUT2D eigenvalue weighted by molar-refractivity contribution is 5.78. The van der Waals surface area contributed by atoms with Crippen molar-refractivity contribution < 1.29 is 22.4 Å². The number of rotatable bonds is 6. The molecule has 0 N–H and O–H groups in total. The molecular formula is C19H20F4N2O. The highest BCUT2D eigenvalue weighted by Crippen LogP contribution is 2.32. The first kappa shape index (κ1) is 19.9. The normalized spacial score (nSPS) is 11.7. The number of hydrogen-bond donors (Lipinski definition) is 0. The molecular weight excluding hydrogens is 348 g/mol. The van der Waals surface area contributed by atoms with Crippen LogP contribution >= 0.6 is 0 Å². The average molecular weight is 368 g/mol. The lowest BCUT2D eigenvalue weighted by atomic mass is 10.1. The molecule has 0 atom stereocenters. The van der Waals surface area contributed by atoms with Crippen molar-refractivity contribution in [2.24, 2.45) is 0 Å². The van der Waals surface area contributed by atoms with Crippen LogP contribution in [0.5, 0.6) is 0 Å². The SMILES string of the molecule is CN(CC(=O)N(C)Cc1ccccc1F)Cc1ccccc1C(F)(F)F. The monoisotopic (exact) mass is 368 g/mol. The Morgan fingerprint density at radius 3 is 2.12 bits per heavy atom. The summed E-state index contributed by atoms with van der Waals surface area (Å²) in [5.41, 5.74) is -0.223. The van der Waals surface area contributed by atoms with Gasteiger partial charge < -0.3 is 4.90 Å². The van der Waals surface area contributed by atoms with Gasteiger partial charge >= 0.3 is 6.18 Å². The molecule has 0 unspecified atom stereocenters. The van der Waals surface area contributed by atoms with E-state index in [9.17, 15) is 22.4 Å². The second kappa shape index (κ2) is 8.31. The van der Waals surface area contributed by atoms with E-state index in [1.807, 2.05) is 0 Å². The third-order valence-corrected chi connectivity index (χ3v) is 3.96. The van der Waals surface area contributed by atoms with Crippen molar-refractivity contribution in [1.29, 1.82) is 0 Å². The van der Waals surface area contributed by atoms with E-state index in [2.05, 4.69) is 0 Å². The van der Waals surface area contributed by atoms with E-state index in [0.717, 1.165) is 6.07 Å². The van der Waals surface area contributed by atoms with E-state index in [-0.39, 0.29) is 31.1 Å². The summed E-state index contributed by atoms with van der Waals surface area (Å²) in [4.78, 5) is 15.1. The fourth-order valence-corrected chi connectivity index (χ4v) is 2.60. The van der Waals surface area contributed by atoms with Gasteiger partial charge in [-0.1, -0.05) is 36.4 Å². The predicted molar refractivity (Wildman–Crippen MR) is 90.7 cm³/mol. The molecule has 0 fully saturated rings. The molecule has 7 heteroatoms. The van der Waals surface area contributed by atoms with Crippen LogP contribution in [0, 0.1) is 5.82 Å². The summed E-state index contributed by atoms with van der Waals surface area (Å²) in [7, 11) is 3.11. The maximum absolute atomic E-state index is 13.7. The minimum absolute atomic E-state index is 0.0189. The highest BCUT2D eigenvalue weighted by atomic mass is 19.4. The van der Waals surface area contributed by atoms with Crippen LogP contribution in [0.1, 0.15) is 16.7 Å². The van der Waals surface area contributed by atoms with Gasteiger partial charge in [-0.25, -0.2) is 4.39 Å². The molecule has 0 bridgehead atoms. The quantitative estimate of drug-likeness (QED) is 0.722. The molecule has 2 aromatic carbocycles. The van der Waals surface area contributed by atoms with Gasteiger partial charge in [0.2, 0.25) is 5.91 Å². The molecule has 0 saturated carbocycles. The zero-order valence-electron chi connectivity index (χ0n) is 14.6. The fraction of sp³-hybridized carbons (Fsp3) is 0.316. The number of nitrogens with zero attached hydrogens (tertiary/aromatic N) is 2. The van der Waals surface area contributed by atoms with Crippen molar-refractivity contribution in [2.75, 3.05) is 20.6 Å². The number of benzene rings is 2. The molecule has 0 heterocycles. The Morgan fingerprint density at radius 1 is 0.923 bits per heavy atom. The number of likely N-dealkylation sites (N-methyl/N-ethyl adjacent to an activating group) is 2. The van der Waals surface area contributed by atoms with Crippen LogP contribution in [0.25, 0.3) is 0 Å². The van der Waals surface area contributed by atoms with Crippen LogP contribution in [0.15, 0.2) is 48.5 Å². The average Bonchev–Trinajstić information content (AvgIpc) is 2.56. The van der Waals surface area contributed by atoms with E-state index in [1.54, 1.807) is 25.2 Å². The van der Waals surface area contributed by atoms with E-state index in [0.29, 0.717) is 5.56 Å². The molecule has 2 rings (SSSR count). The second-order valence-electron chi connectivity index (χ2n) is 6.17. The first-order valence-electron chi connectivity index (χ1n) is 7.99. The topological polar surface area (TPSA) is 23.6 Å². The molecule has 0 aromatic heterocycles. The maximum Gasteiger partial charge on any atom is 0.416 e.